The number of ether oxygens (including phenoxy) is 1. The molecule has 0 heterocycles. The molecule has 0 saturated carbocycles. The minimum atomic E-state index is -1.05. The van der Waals surface area contributed by atoms with Crippen molar-refractivity contribution in [3.05, 3.63) is 23.8 Å². The zero-order valence-electron chi connectivity index (χ0n) is 6.80. The maximum absolute atomic E-state index is 10.4. The van der Waals surface area contributed by atoms with Crippen LogP contribution in [0.5, 0.6) is 11.5 Å². The van der Waals surface area contributed by atoms with Gasteiger partial charge in [-0.15, -0.1) is 0 Å². The molecule has 0 aliphatic carbocycles. The van der Waals surface area contributed by atoms with Crippen molar-refractivity contribution in [2.75, 3.05) is 7.11 Å². The summed E-state index contributed by atoms with van der Waals surface area (Å²) in [5.41, 5.74) is 0.0876. The maximum atomic E-state index is 10.4. The van der Waals surface area contributed by atoms with E-state index in [1.54, 1.807) is 0 Å². The van der Waals surface area contributed by atoms with Gasteiger partial charge < -0.3 is 14.9 Å². The van der Waals surface area contributed by atoms with Crippen LogP contribution in [-0.4, -0.2) is 23.3 Å². The number of carboxylic acids is 1. The van der Waals surface area contributed by atoms with Crippen LogP contribution in [0, 0.1) is 0 Å². The van der Waals surface area contributed by atoms with E-state index in [9.17, 15) is 4.79 Å². The second kappa shape index (κ2) is 4.74. The van der Waals surface area contributed by atoms with Crippen LogP contribution in [0.1, 0.15) is 10.4 Å². The first-order valence-electron chi connectivity index (χ1n) is 3.25. The maximum Gasteiger partial charge on any atom is 0.335 e. The Morgan fingerprint density at radius 2 is 2.08 bits per heavy atom. The van der Waals surface area contributed by atoms with Gasteiger partial charge in [0.2, 0.25) is 0 Å². The van der Waals surface area contributed by atoms with Gasteiger partial charge in [0, 0.05) is 17.1 Å². The Morgan fingerprint density at radius 3 is 2.54 bits per heavy atom. The van der Waals surface area contributed by atoms with Crippen LogP contribution in [0.15, 0.2) is 18.2 Å². The number of carboxylic acid groups (broad SMARTS) is 1. The second-order valence-electron chi connectivity index (χ2n) is 2.19. The van der Waals surface area contributed by atoms with Crippen LogP contribution >= 0.6 is 0 Å². The molecule has 0 fully saturated rings. The number of methoxy groups -OCH3 is 1. The fourth-order valence-corrected chi connectivity index (χ4v) is 0.811. The molecule has 5 heteroatoms. The van der Waals surface area contributed by atoms with E-state index >= 15 is 0 Å². The fraction of sp³-hybridized carbons (Fsp3) is 0.125. The summed E-state index contributed by atoms with van der Waals surface area (Å²) in [4.78, 5) is 10.4. The predicted octanol–water partition coefficient (Wildman–Crippen LogP) is 1.10. The van der Waals surface area contributed by atoms with E-state index in [0.717, 1.165) is 0 Å². The van der Waals surface area contributed by atoms with Crippen LogP contribution in [0.2, 0.25) is 0 Å². The Bertz CT molecular complexity index is 311. The van der Waals surface area contributed by atoms with Gasteiger partial charge in [-0.05, 0) is 18.2 Å². The predicted molar refractivity (Wildman–Crippen MR) is 41.6 cm³/mol. The Hall–Kier alpha value is -1.19. The van der Waals surface area contributed by atoms with E-state index in [1.807, 2.05) is 0 Å². The van der Waals surface area contributed by atoms with Gasteiger partial charge >= 0.3 is 5.97 Å². The molecule has 0 amide bonds. The van der Waals surface area contributed by atoms with Gasteiger partial charge in [-0.1, -0.05) is 0 Å². The molecule has 2 N–H and O–H groups in total. The van der Waals surface area contributed by atoms with Gasteiger partial charge in [-0.25, -0.2) is 4.79 Å². The monoisotopic (exact) mass is 224 g/mol. The number of aromatic hydroxyl groups is 1. The number of carbonyl (C=O) groups is 1. The number of aromatic carboxylic acids is 1. The van der Waals surface area contributed by atoms with Gasteiger partial charge in [-0.3, -0.25) is 0 Å². The molecule has 13 heavy (non-hydrogen) atoms. The Kier molecular flexibility index (Phi) is 4.31. The molecule has 0 unspecified atom stereocenters. The number of hydrogen-bond acceptors (Lipinski definition) is 3. The summed E-state index contributed by atoms with van der Waals surface area (Å²) in [5.74, 6) is -0.953. The van der Waals surface area contributed by atoms with Crippen LogP contribution in [0.3, 0.4) is 0 Å². The van der Waals surface area contributed by atoms with E-state index in [4.69, 9.17) is 14.9 Å². The SMILES string of the molecule is COc1cc(C(=O)O)ccc1O.[Fe]. The topological polar surface area (TPSA) is 66.8 Å². The number of phenolic OH excluding ortho intramolecular Hbond substituents is 1. The minimum absolute atomic E-state index is 0. The smallest absolute Gasteiger partial charge is 0.335 e. The van der Waals surface area contributed by atoms with Gasteiger partial charge in [0.05, 0.1) is 12.7 Å². The average molecular weight is 224 g/mol. The normalized spacial score (nSPS) is 8.69. The Balaban J connectivity index is 0.00000144. The van der Waals surface area contributed by atoms with Crippen LogP contribution in [0.4, 0.5) is 0 Å². The van der Waals surface area contributed by atoms with E-state index in [0.29, 0.717) is 0 Å². The third-order valence-corrected chi connectivity index (χ3v) is 1.43. The average Bonchev–Trinajstić information content (AvgIpc) is 2.05. The van der Waals surface area contributed by atoms with Crippen molar-refractivity contribution < 1.29 is 36.8 Å². The first kappa shape index (κ1) is 11.8. The Morgan fingerprint density at radius 1 is 1.46 bits per heavy atom. The molecule has 1 aromatic carbocycles. The summed E-state index contributed by atoms with van der Waals surface area (Å²) in [6.45, 7) is 0. The largest absolute Gasteiger partial charge is 0.504 e. The molecule has 1 rings (SSSR count). The summed E-state index contributed by atoms with van der Waals surface area (Å²) in [6.07, 6.45) is 0. The molecule has 0 aromatic heterocycles. The summed E-state index contributed by atoms with van der Waals surface area (Å²) in [6, 6.07) is 3.85. The first-order chi connectivity index (χ1) is 5.65. The molecule has 0 spiro atoms. The summed E-state index contributed by atoms with van der Waals surface area (Å²) in [7, 11) is 1.36. The van der Waals surface area contributed by atoms with Gasteiger partial charge in [-0.2, -0.15) is 0 Å². The van der Waals surface area contributed by atoms with Crippen molar-refractivity contribution in [3.63, 3.8) is 0 Å². The van der Waals surface area contributed by atoms with Crippen molar-refractivity contribution in [3.8, 4) is 11.5 Å². The zero-order chi connectivity index (χ0) is 9.14. The Labute approximate surface area is 85.6 Å². The van der Waals surface area contributed by atoms with Crippen LogP contribution < -0.4 is 4.74 Å². The van der Waals surface area contributed by atoms with Crippen molar-refractivity contribution in [1.29, 1.82) is 0 Å². The molecule has 0 radical (unpaired) electrons. The third kappa shape index (κ3) is 2.64. The van der Waals surface area contributed by atoms with E-state index < -0.39 is 5.97 Å². The van der Waals surface area contributed by atoms with Crippen molar-refractivity contribution in [1.82, 2.24) is 0 Å². The quantitative estimate of drug-likeness (QED) is 0.738. The molecule has 1 aromatic rings. The standard InChI is InChI=1S/C8H8O4.Fe/c1-12-7-4-5(8(10)11)2-3-6(7)9;/h2-4,9H,1H3,(H,10,11);. The molecule has 0 saturated heterocycles. The molecule has 0 atom stereocenters. The summed E-state index contributed by atoms with van der Waals surface area (Å²) in [5, 5.41) is 17.7. The van der Waals surface area contributed by atoms with E-state index in [2.05, 4.69) is 0 Å². The molecular formula is C8H8FeO4. The van der Waals surface area contributed by atoms with E-state index in [-0.39, 0.29) is 34.1 Å². The van der Waals surface area contributed by atoms with Crippen molar-refractivity contribution >= 4 is 5.97 Å². The molecule has 0 aliphatic rings. The third-order valence-electron chi connectivity index (χ3n) is 1.43. The number of benzene rings is 1. The zero-order valence-corrected chi connectivity index (χ0v) is 7.90. The number of rotatable bonds is 2. The van der Waals surface area contributed by atoms with Crippen molar-refractivity contribution in [2.45, 2.75) is 0 Å². The summed E-state index contributed by atoms with van der Waals surface area (Å²) < 4.78 is 4.72. The second-order valence-corrected chi connectivity index (χ2v) is 2.19. The molecule has 72 valence electrons. The molecule has 0 aliphatic heterocycles. The molecule has 4 nitrogen and oxygen atoms in total. The number of phenols is 1. The minimum Gasteiger partial charge on any atom is -0.504 e. The van der Waals surface area contributed by atoms with Crippen LogP contribution in [-0.2, 0) is 17.1 Å². The summed E-state index contributed by atoms with van der Waals surface area (Å²) >= 11 is 0. The van der Waals surface area contributed by atoms with Gasteiger partial charge in [0.1, 0.15) is 0 Å². The number of hydrogen-bond donors (Lipinski definition) is 2. The van der Waals surface area contributed by atoms with Gasteiger partial charge in [0.15, 0.2) is 11.5 Å². The molecular weight excluding hydrogens is 216 g/mol. The molecule has 0 bridgehead atoms. The first-order valence-corrected chi connectivity index (χ1v) is 3.25. The van der Waals surface area contributed by atoms with Crippen molar-refractivity contribution in [2.24, 2.45) is 0 Å². The fourth-order valence-electron chi connectivity index (χ4n) is 0.811. The van der Waals surface area contributed by atoms with E-state index in [1.165, 1.54) is 25.3 Å². The van der Waals surface area contributed by atoms with Crippen LogP contribution in [0.25, 0.3) is 0 Å². The van der Waals surface area contributed by atoms with Gasteiger partial charge in [0.25, 0.3) is 0 Å².